The van der Waals surface area contributed by atoms with Gasteiger partial charge in [0.15, 0.2) is 0 Å². The third-order valence-electron chi connectivity index (χ3n) is 22.9. The summed E-state index contributed by atoms with van der Waals surface area (Å²) in [4.78, 5) is 51.4. The van der Waals surface area contributed by atoms with E-state index in [1.54, 1.807) is 45.6 Å². The van der Waals surface area contributed by atoms with Crippen LogP contribution in [0.2, 0.25) is 0 Å². The molecule has 0 saturated heterocycles. The Hall–Kier alpha value is -9.49. The van der Waals surface area contributed by atoms with E-state index in [0.717, 1.165) is 174 Å². The van der Waals surface area contributed by atoms with Crippen molar-refractivity contribution in [2.24, 2.45) is 16.5 Å². The molecule has 0 unspecified atom stereocenters. The highest BCUT2D eigenvalue weighted by atomic mass is 35.7. The maximum Gasteiger partial charge on any atom is 0.337 e. The average molecular weight is 1910 g/mol. The van der Waals surface area contributed by atoms with Gasteiger partial charge in [-0.1, -0.05) is 128 Å². The van der Waals surface area contributed by atoms with Gasteiger partial charge in [0, 0.05) is 69.7 Å². The number of sulfonamides is 4. The van der Waals surface area contributed by atoms with Crippen LogP contribution in [-0.2, 0) is 77.9 Å². The first-order valence-corrected chi connectivity index (χ1v) is 52.5. The third-order valence-corrected chi connectivity index (χ3v) is 30.4. The zero-order valence-electron chi connectivity index (χ0n) is 75.3. The molecule has 1 aliphatic heterocycles. The predicted octanol–water partition coefficient (Wildman–Crippen LogP) is 15.7. The second-order valence-corrected chi connectivity index (χ2v) is 42.3. The molecule has 1 heterocycles. The number of carboxylic acid groups (broad SMARTS) is 1. The summed E-state index contributed by atoms with van der Waals surface area (Å²) in [6.07, 6.45) is 27.6. The molecule has 10 N–H and O–H groups in total. The minimum atomic E-state index is -3.73. The summed E-state index contributed by atoms with van der Waals surface area (Å²) in [5, 5.41) is 11.8. The Bertz CT molecular complexity index is 5590. The molecule has 0 spiro atoms. The van der Waals surface area contributed by atoms with E-state index in [0.29, 0.717) is 28.5 Å². The maximum atomic E-state index is 12.8. The zero-order chi connectivity index (χ0) is 94.6. The smallest absolute Gasteiger partial charge is 0.337 e. The lowest BCUT2D eigenvalue weighted by Gasteiger charge is -2.26. The van der Waals surface area contributed by atoms with E-state index in [2.05, 4.69) is 78.7 Å². The monoisotopic (exact) mass is 1910 g/mol. The van der Waals surface area contributed by atoms with E-state index in [1.807, 2.05) is 54.6 Å². The predicted molar refractivity (Wildman–Crippen MR) is 506 cm³/mol. The lowest BCUT2D eigenvalue weighted by atomic mass is 9.88. The van der Waals surface area contributed by atoms with Crippen LogP contribution in [0, 0.1) is 0 Å². The number of nitrogens with zero attached hydrogens (tertiary/aromatic N) is 1. The van der Waals surface area contributed by atoms with Gasteiger partial charge >= 0.3 is 17.9 Å². The second kappa shape index (κ2) is 52.1. The number of nitrogens with one attached hydrogen (secondary N) is 5. The largest absolute Gasteiger partial charge is 0.497 e. The molecule has 0 radical (unpaired) electrons. The van der Waals surface area contributed by atoms with Crippen molar-refractivity contribution in [1.29, 1.82) is 0 Å². The molecular weight excluding hydrogens is 1780 g/mol. The Morgan fingerprint density at radius 1 is 0.446 bits per heavy atom. The van der Waals surface area contributed by atoms with Crippen LogP contribution in [0.15, 0.2) is 218 Å². The molecule has 8 aromatic rings. The number of carboxylic acids is 1. The number of unbranched alkanes of at least 4 members (excludes halogenated alkanes) is 3. The lowest BCUT2D eigenvalue weighted by molar-refractivity contribution is 0.0592. The first kappa shape index (κ1) is 106. The fourth-order valence-electron chi connectivity index (χ4n) is 14.0. The van der Waals surface area contributed by atoms with E-state index >= 15 is 0 Å². The number of aromatic carboxylic acids is 1. The van der Waals surface area contributed by atoms with Crippen molar-refractivity contribution in [3.05, 3.63) is 238 Å². The van der Waals surface area contributed by atoms with Crippen molar-refractivity contribution in [2.75, 3.05) is 35.5 Å². The summed E-state index contributed by atoms with van der Waals surface area (Å²) >= 11 is 0. The van der Waals surface area contributed by atoms with E-state index in [1.165, 1.54) is 142 Å². The number of aliphatic imine (C=N–C) groups is 1. The van der Waals surface area contributed by atoms with Crippen LogP contribution in [0.25, 0.3) is 0 Å². The summed E-state index contributed by atoms with van der Waals surface area (Å²) < 4.78 is 155. The van der Waals surface area contributed by atoms with Gasteiger partial charge in [-0.25, -0.2) is 75.4 Å². The SMILES string of the molecule is CCCC[C@@H](Cc1cccc(OC)c1)NC(=O)c1ccc(S(=O)(=O)NC2CCC2)cc1.CCCC[C@H](N)Cc1cccc(OC)c1.CCCC[C@H]1Cc2cc(OC)ccc2C(c2ccc(S(=O)(=O)NC3CCC3)cc2)=N1.COC(=O)c1ccc(S(=O)(=O)Cl)cc1.COC(=O)c1ccc(S(=O)(=O)NC2CCC2)cc1.NC1CCC1.O=C(O)c1ccc(S(=O)(=O)NC2CCC2)cc1. The number of rotatable bonds is 35. The van der Waals surface area contributed by atoms with Gasteiger partial charge in [0.05, 0.1) is 88.5 Å². The number of amides is 1. The van der Waals surface area contributed by atoms with Crippen molar-refractivity contribution in [1.82, 2.24) is 24.2 Å². The van der Waals surface area contributed by atoms with Gasteiger partial charge in [0.25, 0.3) is 15.0 Å². The first-order valence-electron chi connectivity index (χ1n) is 44.3. The number of benzene rings is 8. The number of halogens is 1. The number of hydrogen-bond donors (Lipinski definition) is 8. The van der Waals surface area contributed by atoms with Crippen LogP contribution < -0.4 is 49.9 Å². The number of hydrogen-bond acceptors (Lipinski definition) is 22. The molecule has 34 heteroatoms. The fourth-order valence-corrected chi connectivity index (χ4v) is 20.0. The van der Waals surface area contributed by atoms with Crippen LogP contribution in [0.1, 0.15) is 244 Å². The highest BCUT2D eigenvalue weighted by molar-refractivity contribution is 8.13. The Morgan fingerprint density at radius 2 is 0.808 bits per heavy atom. The minimum Gasteiger partial charge on any atom is -0.497 e. The molecule has 8 aromatic carbocycles. The third kappa shape index (κ3) is 34.0. The van der Waals surface area contributed by atoms with Crippen molar-refractivity contribution in [3.8, 4) is 17.2 Å². The number of methoxy groups -OCH3 is 5. The van der Waals surface area contributed by atoms with Crippen molar-refractivity contribution < 1.29 is 90.1 Å². The molecule has 3 atom stereocenters. The highest BCUT2D eigenvalue weighted by Gasteiger charge is 2.31. The van der Waals surface area contributed by atoms with Gasteiger partial charge in [0.1, 0.15) is 17.2 Å². The normalized spacial score (nSPS) is 16.0. The zero-order valence-corrected chi connectivity index (χ0v) is 80.2. The standard InChI is InChI=1S/C24H32N2O4S.C24H30N2O3S.C13H21NO.C12H15NO4S.C11H13NO4S.C8H7ClO4S.C4H9N/c1-3-4-8-21(16-18-7-5-11-22(17-18)30-2)25-24(27)19-12-14-23(15-13-19)31(28,29)26-20-9-6-10-20;1-3-4-6-20-15-18-16-21(29-2)11-14-23(18)24(25-20)17-9-12-22(13-10-17)30(27,28)26-19-7-5-8-19;1-3-4-7-12(14)9-11-6-5-8-13(10-11)15-2;1-17-12(14)9-5-7-11(8-6-9)18(15,16)13-10-3-2-4-10;13-11(14)8-4-6-10(7-5-8)17(15,16)12-9-2-1-3-9;1-13-8(10)6-2-4-7(5-3-6)14(9,11)12;5-4-2-1-3-4/h5,7,11-15,17,20-21,26H,3-4,6,8-10,16H2,1-2H3,(H,25,27);9-14,16,19-20,26H,3-8,15H2,1-2H3;5-6,8,10,12H,3-4,7,9,14H2,1-2H3;5-8,10,13H,2-4H2,1H3;4-7,9,12H,1-3H2,(H,13,14);2-5H,1H3;4H,1-3,5H2/t21-;20-;12-;;;;/m000..../s1. The van der Waals surface area contributed by atoms with Gasteiger partial charge in [0.2, 0.25) is 40.1 Å². The van der Waals surface area contributed by atoms with E-state index in [9.17, 15) is 61.3 Å². The fraction of sp³-hybridized carbons (Fsp3) is 0.448. The molecule has 708 valence electrons. The molecule has 1 amide bonds. The van der Waals surface area contributed by atoms with Gasteiger partial charge in [-0.3, -0.25) is 9.79 Å². The Balaban J connectivity index is 0.000000195. The molecule has 0 bridgehead atoms. The molecule has 5 aliphatic carbocycles. The Kier molecular flexibility index (Phi) is 42.4. The quantitative estimate of drug-likeness (QED) is 0.0135. The lowest BCUT2D eigenvalue weighted by Crippen LogP contribution is -2.39. The number of esters is 2. The topological polar surface area (TPSA) is 430 Å². The molecule has 5 saturated carbocycles. The van der Waals surface area contributed by atoms with Crippen LogP contribution in [0.5, 0.6) is 17.2 Å². The highest BCUT2D eigenvalue weighted by Crippen LogP contribution is 2.32. The Morgan fingerprint density at radius 3 is 1.16 bits per heavy atom. The van der Waals surface area contributed by atoms with Gasteiger partial charge in [-0.15, -0.1) is 0 Å². The van der Waals surface area contributed by atoms with Crippen molar-refractivity contribution in [2.45, 2.75) is 267 Å². The summed E-state index contributed by atoms with van der Waals surface area (Å²) in [5.74, 6) is 0.295. The summed E-state index contributed by atoms with van der Waals surface area (Å²) in [6.45, 7) is 6.51. The van der Waals surface area contributed by atoms with E-state index < -0.39 is 67.1 Å². The van der Waals surface area contributed by atoms with Crippen LogP contribution >= 0.6 is 10.7 Å². The number of carbonyl (C=O) groups excluding carboxylic acids is 3. The molecule has 5 fully saturated rings. The van der Waals surface area contributed by atoms with Crippen LogP contribution in [0.3, 0.4) is 0 Å². The van der Waals surface area contributed by atoms with Gasteiger partial charge in [-0.2, -0.15) is 0 Å². The molecule has 28 nitrogen and oxygen atoms in total. The molecule has 6 aliphatic rings. The van der Waals surface area contributed by atoms with Crippen LogP contribution in [0.4, 0.5) is 0 Å². The first-order chi connectivity index (χ1) is 62.0. The molecular formula is C96H127ClN8O20S5. The molecule has 130 heavy (non-hydrogen) atoms. The summed E-state index contributed by atoms with van der Waals surface area (Å²) in [7, 11) is -5.09. The maximum absolute atomic E-state index is 12.8. The van der Waals surface area contributed by atoms with Crippen molar-refractivity contribution >= 4 is 89.4 Å². The second-order valence-electron chi connectivity index (χ2n) is 32.9. The van der Waals surface area contributed by atoms with E-state index in [4.69, 9.17) is 46.5 Å². The Labute approximate surface area is 772 Å². The number of fused-ring (bicyclic) bond motifs is 1. The van der Waals surface area contributed by atoms with Gasteiger partial charge in [-0.05, 0) is 271 Å². The minimum absolute atomic E-state index is 0.0109. The average Bonchev–Trinajstić information content (AvgIpc) is 0.771. The van der Waals surface area contributed by atoms with Crippen molar-refractivity contribution in [3.63, 3.8) is 0 Å². The number of nitrogens with two attached hydrogens (primary N) is 2. The van der Waals surface area contributed by atoms with Crippen LogP contribution in [-0.4, -0.2) is 161 Å². The van der Waals surface area contributed by atoms with E-state index in [-0.39, 0.29) is 78.9 Å². The van der Waals surface area contributed by atoms with Gasteiger partial charge < -0.3 is 45.6 Å². The molecule has 0 aromatic heterocycles. The summed E-state index contributed by atoms with van der Waals surface area (Å²) in [6, 6.07) is 52.8. The number of carbonyl (C=O) groups is 4. The number of ether oxygens (including phenoxy) is 5. The molecule has 14 rings (SSSR count). The summed E-state index contributed by atoms with van der Waals surface area (Å²) in [5.41, 5.74) is 19.2.